The molecule has 2 unspecified atom stereocenters. The minimum Gasteiger partial charge on any atom is -0.312 e. The van der Waals surface area contributed by atoms with E-state index in [-0.39, 0.29) is 5.82 Å². The fourth-order valence-electron chi connectivity index (χ4n) is 3.06. The van der Waals surface area contributed by atoms with Gasteiger partial charge in [-0.05, 0) is 56.3 Å². The van der Waals surface area contributed by atoms with Crippen LogP contribution in [0.1, 0.15) is 31.7 Å². The lowest BCUT2D eigenvalue weighted by Crippen LogP contribution is -2.40. The van der Waals surface area contributed by atoms with Gasteiger partial charge in [-0.3, -0.25) is 4.90 Å². The zero-order chi connectivity index (χ0) is 13.2. The Morgan fingerprint density at radius 2 is 2.16 bits per heavy atom. The van der Waals surface area contributed by atoms with Crippen molar-refractivity contribution in [2.24, 2.45) is 5.92 Å². The van der Waals surface area contributed by atoms with Gasteiger partial charge in [-0.25, -0.2) is 4.39 Å². The molecule has 2 atom stereocenters. The molecule has 0 amide bonds. The molecule has 1 heterocycles. The third-order valence-electron chi connectivity index (χ3n) is 4.49. The number of nitrogens with one attached hydrogen (secondary N) is 1. The zero-order valence-corrected chi connectivity index (χ0v) is 11.6. The predicted octanol–water partition coefficient (Wildman–Crippen LogP) is 2.79. The maximum Gasteiger partial charge on any atom is 0.123 e. The van der Waals surface area contributed by atoms with E-state index in [9.17, 15) is 4.39 Å². The Bertz CT molecular complexity index is 431. The molecule has 1 aliphatic carbocycles. The van der Waals surface area contributed by atoms with Gasteiger partial charge in [0.2, 0.25) is 0 Å². The molecule has 1 saturated heterocycles. The molecule has 3 rings (SSSR count). The van der Waals surface area contributed by atoms with E-state index in [0.29, 0.717) is 12.1 Å². The Kier molecular flexibility index (Phi) is 3.85. The van der Waals surface area contributed by atoms with Crippen LogP contribution in [0.2, 0.25) is 0 Å². The van der Waals surface area contributed by atoms with Gasteiger partial charge in [0.05, 0.1) is 0 Å². The van der Waals surface area contributed by atoms with Crippen LogP contribution < -0.4 is 5.32 Å². The maximum absolute atomic E-state index is 13.3. The Labute approximate surface area is 115 Å². The molecule has 2 nitrogen and oxygen atoms in total. The van der Waals surface area contributed by atoms with Crippen molar-refractivity contribution in [1.29, 1.82) is 0 Å². The summed E-state index contributed by atoms with van der Waals surface area (Å²) < 4.78 is 13.3. The van der Waals surface area contributed by atoms with Gasteiger partial charge in [0, 0.05) is 25.2 Å². The van der Waals surface area contributed by atoms with Gasteiger partial charge < -0.3 is 5.32 Å². The SMILES string of the molecule is CC1CCNC(C2CC2)CN1Cc1cccc(F)c1. The van der Waals surface area contributed by atoms with Crippen LogP contribution in [-0.2, 0) is 6.54 Å². The van der Waals surface area contributed by atoms with Gasteiger partial charge in [0.25, 0.3) is 0 Å². The second kappa shape index (κ2) is 5.59. The minimum atomic E-state index is -0.128. The van der Waals surface area contributed by atoms with E-state index in [0.717, 1.165) is 31.1 Å². The number of nitrogens with zero attached hydrogens (tertiary/aromatic N) is 1. The first kappa shape index (κ1) is 13.1. The van der Waals surface area contributed by atoms with Crippen LogP contribution in [0.4, 0.5) is 4.39 Å². The van der Waals surface area contributed by atoms with Crippen molar-refractivity contribution in [2.75, 3.05) is 13.1 Å². The minimum absolute atomic E-state index is 0.128. The summed E-state index contributed by atoms with van der Waals surface area (Å²) in [5.74, 6) is 0.747. The molecule has 1 aromatic carbocycles. The van der Waals surface area contributed by atoms with E-state index < -0.39 is 0 Å². The predicted molar refractivity (Wildman–Crippen MR) is 75.4 cm³/mol. The van der Waals surface area contributed by atoms with E-state index >= 15 is 0 Å². The molecule has 0 aromatic heterocycles. The topological polar surface area (TPSA) is 15.3 Å². The van der Waals surface area contributed by atoms with Crippen LogP contribution >= 0.6 is 0 Å². The van der Waals surface area contributed by atoms with Crippen molar-refractivity contribution < 1.29 is 4.39 Å². The van der Waals surface area contributed by atoms with Crippen LogP contribution in [0.25, 0.3) is 0 Å². The molecule has 0 radical (unpaired) electrons. The second-order valence-electron chi connectivity index (χ2n) is 6.10. The van der Waals surface area contributed by atoms with Gasteiger partial charge in [0.15, 0.2) is 0 Å². The summed E-state index contributed by atoms with van der Waals surface area (Å²) in [4.78, 5) is 2.51. The van der Waals surface area contributed by atoms with Crippen molar-refractivity contribution in [3.63, 3.8) is 0 Å². The summed E-state index contributed by atoms with van der Waals surface area (Å²) >= 11 is 0. The van der Waals surface area contributed by atoms with Crippen molar-refractivity contribution in [3.8, 4) is 0 Å². The molecule has 2 fully saturated rings. The smallest absolute Gasteiger partial charge is 0.123 e. The molecule has 104 valence electrons. The Balaban J connectivity index is 1.69. The molecule has 1 saturated carbocycles. The molecule has 1 aliphatic heterocycles. The molecule has 19 heavy (non-hydrogen) atoms. The highest BCUT2D eigenvalue weighted by Gasteiger charge is 2.34. The average Bonchev–Trinajstić information content (AvgIpc) is 3.19. The highest BCUT2D eigenvalue weighted by Crippen LogP contribution is 2.34. The van der Waals surface area contributed by atoms with E-state index in [1.807, 2.05) is 12.1 Å². The lowest BCUT2D eigenvalue weighted by atomic mass is 10.1. The van der Waals surface area contributed by atoms with E-state index in [1.165, 1.54) is 25.3 Å². The van der Waals surface area contributed by atoms with Crippen LogP contribution in [-0.4, -0.2) is 30.1 Å². The summed E-state index contributed by atoms with van der Waals surface area (Å²) in [6, 6.07) is 8.23. The van der Waals surface area contributed by atoms with Gasteiger partial charge in [-0.2, -0.15) is 0 Å². The standard InChI is InChI=1S/C16H23FN2/c1-12-7-8-18-16(14-5-6-14)11-19(12)10-13-3-2-4-15(17)9-13/h2-4,9,12,14,16,18H,5-8,10-11H2,1H3. The molecule has 1 N–H and O–H groups in total. The third-order valence-corrected chi connectivity index (χ3v) is 4.49. The Morgan fingerprint density at radius 1 is 1.32 bits per heavy atom. The highest BCUT2D eigenvalue weighted by molar-refractivity contribution is 5.16. The summed E-state index contributed by atoms with van der Waals surface area (Å²) in [5.41, 5.74) is 1.09. The lowest BCUT2D eigenvalue weighted by molar-refractivity contribution is 0.190. The van der Waals surface area contributed by atoms with Crippen LogP contribution in [0.15, 0.2) is 24.3 Å². The third kappa shape index (κ3) is 3.34. The maximum atomic E-state index is 13.3. The van der Waals surface area contributed by atoms with Crippen LogP contribution in [0, 0.1) is 11.7 Å². The molecule has 2 aliphatic rings. The summed E-state index contributed by atoms with van der Waals surface area (Å²) in [6.45, 7) is 5.37. The average molecular weight is 262 g/mol. The number of rotatable bonds is 3. The molecular formula is C16H23FN2. The first-order valence-electron chi connectivity index (χ1n) is 7.44. The van der Waals surface area contributed by atoms with Crippen molar-refractivity contribution >= 4 is 0 Å². The summed E-state index contributed by atoms with van der Waals surface area (Å²) in [7, 11) is 0. The second-order valence-corrected chi connectivity index (χ2v) is 6.10. The molecule has 0 spiro atoms. The van der Waals surface area contributed by atoms with Gasteiger partial charge in [0.1, 0.15) is 5.82 Å². The van der Waals surface area contributed by atoms with Crippen molar-refractivity contribution in [3.05, 3.63) is 35.6 Å². The molecule has 1 aromatic rings. The molecular weight excluding hydrogens is 239 g/mol. The van der Waals surface area contributed by atoms with Gasteiger partial charge in [-0.15, -0.1) is 0 Å². The number of benzene rings is 1. The van der Waals surface area contributed by atoms with Gasteiger partial charge >= 0.3 is 0 Å². The van der Waals surface area contributed by atoms with Crippen molar-refractivity contribution in [1.82, 2.24) is 10.2 Å². The first-order chi connectivity index (χ1) is 9.22. The van der Waals surface area contributed by atoms with Crippen LogP contribution in [0.3, 0.4) is 0 Å². The van der Waals surface area contributed by atoms with E-state index in [1.54, 1.807) is 6.07 Å². The first-order valence-corrected chi connectivity index (χ1v) is 7.44. The fraction of sp³-hybridized carbons (Fsp3) is 0.625. The van der Waals surface area contributed by atoms with Crippen molar-refractivity contribution in [2.45, 2.75) is 44.8 Å². The molecule has 0 bridgehead atoms. The summed E-state index contributed by atoms with van der Waals surface area (Å²) in [5, 5.41) is 3.69. The zero-order valence-electron chi connectivity index (χ0n) is 11.6. The Morgan fingerprint density at radius 3 is 2.89 bits per heavy atom. The highest BCUT2D eigenvalue weighted by atomic mass is 19.1. The van der Waals surface area contributed by atoms with E-state index in [4.69, 9.17) is 0 Å². The quantitative estimate of drug-likeness (QED) is 0.901. The van der Waals surface area contributed by atoms with E-state index in [2.05, 4.69) is 17.1 Å². The number of halogens is 1. The Hall–Kier alpha value is -0.930. The largest absolute Gasteiger partial charge is 0.312 e. The monoisotopic (exact) mass is 262 g/mol. The summed E-state index contributed by atoms with van der Waals surface area (Å²) in [6.07, 6.45) is 3.93. The lowest BCUT2D eigenvalue weighted by Gasteiger charge is -2.29. The number of hydrogen-bond acceptors (Lipinski definition) is 2. The molecule has 3 heteroatoms. The van der Waals surface area contributed by atoms with Crippen LogP contribution in [0.5, 0.6) is 0 Å². The number of hydrogen-bond donors (Lipinski definition) is 1. The fourth-order valence-corrected chi connectivity index (χ4v) is 3.06. The van der Waals surface area contributed by atoms with Gasteiger partial charge in [-0.1, -0.05) is 12.1 Å². The normalized spacial score (nSPS) is 29.2.